The molecule has 4 nitrogen and oxygen atoms in total. The van der Waals surface area contributed by atoms with Crippen LogP contribution in [0.1, 0.15) is 96.8 Å². The molecule has 3 saturated carbocycles. The number of benzene rings is 5. The van der Waals surface area contributed by atoms with Gasteiger partial charge in [0, 0.05) is 44.1 Å². The fourth-order valence-corrected chi connectivity index (χ4v) is 9.83. The van der Waals surface area contributed by atoms with Gasteiger partial charge in [-0.2, -0.15) is 0 Å². The topological polar surface area (TPSA) is 43.9 Å². The second-order valence-electron chi connectivity index (χ2n) is 18.3. The van der Waals surface area contributed by atoms with E-state index in [1.807, 2.05) is 6.07 Å². The van der Waals surface area contributed by atoms with Crippen molar-refractivity contribution in [1.82, 2.24) is 14.5 Å². The molecule has 0 spiro atoms. The molecule has 54 heavy (non-hydrogen) atoms. The van der Waals surface area contributed by atoms with Crippen LogP contribution in [0.3, 0.4) is 0 Å². The van der Waals surface area contributed by atoms with Crippen LogP contribution >= 0.6 is 0 Å². The van der Waals surface area contributed by atoms with Crippen LogP contribution in [0.15, 0.2) is 114 Å². The maximum atomic E-state index is 7.15. The van der Waals surface area contributed by atoms with Crippen molar-refractivity contribution in [2.24, 2.45) is 5.92 Å². The highest BCUT2D eigenvalue weighted by molar-refractivity contribution is 6.15. The lowest BCUT2D eigenvalue weighted by Gasteiger charge is -2.47. The lowest BCUT2D eigenvalue weighted by molar-refractivity contribution is 0.136. The summed E-state index contributed by atoms with van der Waals surface area (Å²) in [6.45, 7) is 14.0. The molecule has 3 aliphatic carbocycles. The first-order valence-corrected chi connectivity index (χ1v) is 20.0. The number of fused-ring (bicyclic) bond motifs is 9. The Morgan fingerprint density at radius 3 is 1.83 bits per heavy atom. The maximum Gasteiger partial charge on any atom is 0.162 e. The van der Waals surface area contributed by atoms with Crippen molar-refractivity contribution in [3.8, 4) is 28.3 Å². The minimum atomic E-state index is -0.175. The Kier molecular flexibility index (Phi) is 7.34. The highest BCUT2D eigenvalue weighted by atomic mass is 16.3. The van der Waals surface area contributed by atoms with E-state index in [-0.39, 0.29) is 16.2 Å². The number of hydrogen-bond donors (Lipinski definition) is 0. The Balaban J connectivity index is 1.32. The van der Waals surface area contributed by atoms with Gasteiger partial charge in [-0.05, 0) is 90.5 Å². The van der Waals surface area contributed by atoms with Crippen molar-refractivity contribution in [3.63, 3.8) is 0 Å². The Morgan fingerprint density at radius 2 is 1.19 bits per heavy atom. The highest BCUT2D eigenvalue weighted by Gasteiger charge is 2.42. The third-order valence-electron chi connectivity index (χ3n) is 12.8. The average Bonchev–Trinajstić information content (AvgIpc) is 3.73. The fraction of sp³-hybridized carbons (Fsp3) is 0.320. The predicted octanol–water partition coefficient (Wildman–Crippen LogP) is 13.6. The minimum absolute atomic E-state index is 0.0686. The van der Waals surface area contributed by atoms with Crippen LogP contribution in [-0.2, 0) is 16.2 Å². The van der Waals surface area contributed by atoms with Crippen LogP contribution in [-0.4, -0.2) is 14.5 Å². The first-order chi connectivity index (χ1) is 26.0. The van der Waals surface area contributed by atoms with Crippen molar-refractivity contribution in [3.05, 3.63) is 126 Å². The van der Waals surface area contributed by atoms with Crippen molar-refractivity contribution < 1.29 is 4.42 Å². The molecule has 5 aromatic carbocycles. The fourth-order valence-electron chi connectivity index (χ4n) is 9.83. The van der Waals surface area contributed by atoms with Gasteiger partial charge < -0.3 is 4.42 Å². The molecule has 3 aromatic heterocycles. The molecule has 0 amide bonds. The molecule has 8 aromatic rings. The molecular formula is C50H49N3O. The Morgan fingerprint density at radius 1 is 0.611 bits per heavy atom. The Bertz CT molecular complexity index is 2720. The zero-order valence-corrected chi connectivity index (χ0v) is 32.5. The van der Waals surface area contributed by atoms with Crippen molar-refractivity contribution in [2.45, 2.75) is 96.3 Å². The summed E-state index contributed by atoms with van der Waals surface area (Å²) in [4.78, 5) is 10.7. The molecule has 3 heterocycles. The molecule has 2 bridgehead atoms. The van der Waals surface area contributed by atoms with E-state index >= 15 is 0 Å². The number of nitrogens with zero attached hydrogens (tertiary/aromatic N) is 3. The maximum absolute atomic E-state index is 7.15. The summed E-state index contributed by atoms with van der Waals surface area (Å²) in [5.41, 5.74) is 12.2. The molecule has 0 radical (unpaired) electrons. The van der Waals surface area contributed by atoms with Crippen LogP contribution in [0.25, 0.3) is 72.2 Å². The summed E-state index contributed by atoms with van der Waals surface area (Å²) in [5.74, 6) is 1.64. The number of para-hydroxylation sites is 1. The second-order valence-corrected chi connectivity index (χ2v) is 18.3. The monoisotopic (exact) mass is 707 g/mol. The lowest BCUT2D eigenvalue weighted by atomic mass is 9.57. The van der Waals surface area contributed by atoms with Crippen LogP contribution in [0.5, 0.6) is 0 Å². The van der Waals surface area contributed by atoms with Gasteiger partial charge in [0.25, 0.3) is 0 Å². The summed E-state index contributed by atoms with van der Waals surface area (Å²) in [7, 11) is 0. The van der Waals surface area contributed by atoms with Gasteiger partial charge in [-0.1, -0.05) is 126 Å². The normalized spacial score (nSPS) is 19.1. The van der Waals surface area contributed by atoms with Crippen LogP contribution < -0.4 is 0 Å². The minimum Gasteiger partial charge on any atom is -0.455 e. The molecule has 0 atom stereocenters. The first-order valence-electron chi connectivity index (χ1n) is 20.0. The quantitative estimate of drug-likeness (QED) is 0.183. The van der Waals surface area contributed by atoms with Gasteiger partial charge >= 0.3 is 0 Å². The standard InChI is InChI=1S/C50H49N3O/c1-48(2,3)39-28-34(50-24-21-31(22-25-50)23-26-50)27-37-38-29-35(30-40(49(4,5)6)45(38)54-44(37)39)53-41-20-14-13-19-36(41)42-43(32-15-9-7-10-16-32)51-46(52-47(42)53)33-17-11-8-12-18-33/h7-20,27-31H,21-26H2,1-6H3. The molecule has 0 unspecified atom stereocenters. The Labute approximate surface area is 318 Å². The third kappa shape index (κ3) is 5.16. The third-order valence-corrected chi connectivity index (χ3v) is 12.8. The number of rotatable bonds is 4. The van der Waals surface area contributed by atoms with E-state index in [0.29, 0.717) is 0 Å². The molecule has 0 aliphatic heterocycles. The summed E-state index contributed by atoms with van der Waals surface area (Å²) in [5, 5.41) is 4.64. The highest BCUT2D eigenvalue weighted by Crippen LogP contribution is 2.54. The smallest absolute Gasteiger partial charge is 0.162 e. The second kappa shape index (κ2) is 11.9. The van der Waals surface area contributed by atoms with Crippen molar-refractivity contribution in [2.75, 3.05) is 0 Å². The van der Waals surface area contributed by atoms with E-state index in [2.05, 4.69) is 149 Å². The summed E-state index contributed by atoms with van der Waals surface area (Å²) >= 11 is 0. The van der Waals surface area contributed by atoms with Gasteiger partial charge in [0.15, 0.2) is 5.82 Å². The van der Waals surface area contributed by atoms with E-state index in [1.165, 1.54) is 66.0 Å². The summed E-state index contributed by atoms with van der Waals surface area (Å²) < 4.78 is 9.54. The summed E-state index contributed by atoms with van der Waals surface area (Å²) in [6, 6.07) is 39.5. The lowest BCUT2D eigenvalue weighted by Crippen LogP contribution is -2.37. The molecule has 3 fully saturated rings. The number of hydrogen-bond acceptors (Lipinski definition) is 3. The molecule has 3 aliphatic rings. The van der Waals surface area contributed by atoms with Gasteiger partial charge in [-0.25, -0.2) is 9.97 Å². The predicted molar refractivity (Wildman–Crippen MR) is 225 cm³/mol. The van der Waals surface area contributed by atoms with Gasteiger partial charge in [0.1, 0.15) is 16.8 Å². The van der Waals surface area contributed by atoms with Crippen LogP contribution in [0.4, 0.5) is 0 Å². The number of furan rings is 1. The zero-order chi connectivity index (χ0) is 37.0. The van der Waals surface area contributed by atoms with Gasteiger partial charge in [-0.3, -0.25) is 4.57 Å². The van der Waals surface area contributed by atoms with E-state index in [0.717, 1.165) is 67.4 Å². The molecule has 11 rings (SSSR count). The van der Waals surface area contributed by atoms with Crippen LogP contribution in [0, 0.1) is 5.92 Å². The molecule has 0 N–H and O–H groups in total. The number of aromatic nitrogens is 3. The molecule has 270 valence electrons. The molecule has 4 heteroatoms. The van der Waals surface area contributed by atoms with E-state index in [1.54, 1.807) is 0 Å². The average molecular weight is 708 g/mol. The molecule has 0 saturated heterocycles. The SMILES string of the molecule is CC(C)(C)c1cc(-n2c3ccccc3c3c(-c4ccccc4)nc(-c4ccccc4)nc32)cc2c1oc1c(C(C)(C)C)cc(C34CCC(CC3)CC4)cc12. The Hall–Kier alpha value is -5.22. The zero-order valence-electron chi connectivity index (χ0n) is 32.5. The van der Waals surface area contributed by atoms with Crippen molar-refractivity contribution in [1.29, 1.82) is 0 Å². The van der Waals surface area contributed by atoms with E-state index < -0.39 is 0 Å². The van der Waals surface area contributed by atoms with E-state index in [4.69, 9.17) is 14.4 Å². The van der Waals surface area contributed by atoms with Crippen molar-refractivity contribution >= 4 is 43.9 Å². The molecular weight excluding hydrogens is 659 g/mol. The van der Waals surface area contributed by atoms with E-state index in [9.17, 15) is 0 Å². The largest absolute Gasteiger partial charge is 0.455 e. The first kappa shape index (κ1) is 33.4. The van der Waals surface area contributed by atoms with Gasteiger partial charge in [-0.15, -0.1) is 0 Å². The van der Waals surface area contributed by atoms with Crippen LogP contribution in [0.2, 0.25) is 0 Å². The summed E-state index contributed by atoms with van der Waals surface area (Å²) in [6.07, 6.45) is 7.98. The van der Waals surface area contributed by atoms with Gasteiger partial charge in [0.05, 0.1) is 16.6 Å². The van der Waals surface area contributed by atoms with Gasteiger partial charge in [0.2, 0.25) is 0 Å².